The summed E-state index contributed by atoms with van der Waals surface area (Å²) < 4.78 is 0.699. The third kappa shape index (κ3) is 3.58. The Hall–Kier alpha value is -2.36. The number of nitrogens with zero attached hydrogens (tertiary/aromatic N) is 1. The maximum absolute atomic E-state index is 12.1. The normalized spacial score (nSPS) is 12.9. The van der Waals surface area contributed by atoms with Gasteiger partial charge in [-0.3, -0.25) is 0 Å². The van der Waals surface area contributed by atoms with Crippen LogP contribution in [0.1, 0.15) is 30.0 Å². The lowest BCUT2D eigenvalue weighted by Gasteiger charge is -2.31. The van der Waals surface area contributed by atoms with Gasteiger partial charge in [-0.1, -0.05) is 28.9 Å². The molecule has 124 valence electrons. The topological polar surface area (TPSA) is 93.4 Å². The number of aliphatic hydroxyl groups is 1. The van der Waals surface area contributed by atoms with Gasteiger partial charge in [-0.05, 0) is 53.9 Å². The van der Waals surface area contributed by atoms with E-state index in [2.05, 4.69) is 21.2 Å². The van der Waals surface area contributed by atoms with E-state index in [4.69, 9.17) is 5.26 Å². The minimum atomic E-state index is -1.35. The minimum Gasteiger partial charge on any atom is -0.479 e. The van der Waals surface area contributed by atoms with Gasteiger partial charge in [0.05, 0.1) is 18.2 Å². The van der Waals surface area contributed by atoms with Crippen molar-refractivity contribution in [3.8, 4) is 6.07 Å². The Morgan fingerprint density at radius 2 is 1.96 bits per heavy atom. The van der Waals surface area contributed by atoms with Crippen molar-refractivity contribution in [2.24, 2.45) is 0 Å². The summed E-state index contributed by atoms with van der Waals surface area (Å²) in [5, 5.41) is 31.2. The van der Waals surface area contributed by atoms with Crippen LogP contribution in [0.2, 0.25) is 0 Å². The van der Waals surface area contributed by atoms with Crippen LogP contribution in [0.15, 0.2) is 46.9 Å². The molecule has 0 heterocycles. The Bertz CT molecular complexity index is 784. The molecule has 0 aliphatic rings. The summed E-state index contributed by atoms with van der Waals surface area (Å²) in [5.41, 5.74) is 0.925. The fourth-order valence-corrected chi connectivity index (χ4v) is 3.10. The van der Waals surface area contributed by atoms with Crippen LogP contribution in [0, 0.1) is 11.3 Å². The van der Waals surface area contributed by atoms with Crippen molar-refractivity contribution < 1.29 is 15.0 Å². The zero-order valence-electron chi connectivity index (χ0n) is 13.1. The first-order chi connectivity index (χ1) is 11.4. The molecule has 0 bridgehead atoms. The SMILES string of the molecule is CCC(Nc1ccc(C#N)cc1)(C(=O)O)c1cc(Br)cc(CO)c1. The summed E-state index contributed by atoms with van der Waals surface area (Å²) >= 11 is 3.36. The number of hydrogen-bond acceptors (Lipinski definition) is 4. The van der Waals surface area contributed by atoms with Crippen molar-refractivity contribution in [3.05, 3.63) is 63.6 Å². The molecular weight excluding hydrogens is 372 g/mol. The van der Waals surface area contributed by atoms with Crippen molar-refractivity contribution in [1.29, 1.82) is 5.26 Å². The fraction of sp³-hybridized carbons (Fsp3) is 0.222. The van der Waals surface area contributed by atoms with E-state index in [9.17, 15) is 15.0 Å². The number of nitrogens with one attached hydrogen (secondary N) is 1. The van der Waals surface area contributed by atoms with Crippen molar-refractivity contribution in [3.63, 3.8) is 0 Å². The fourth-order valence-electron chi connectivity index (χ4n) is 2.56. The number of carbonyl (C=O) groups is 1. The zero-order chi connectivity index (χ0) is 17.7. The molecule has 5 nitrogen and oxygen atoms in total. The van der Waals surface area contributed by atoms with E-state index in [1.165, 1.54) is 0 Å². The van der Waals surface area contributed by atoms with Gasteiger partial charge in [0.15, 0.2) is 5.54 Å². The van der Waals surface area contributed by atoms with E-state index in [0.717, 1.165) is 0 Å². The zero-order valence-corrected chi connectivity index (χ0v) is 14.7. The first-order valence-corrected chi connectivity index (χ1v) is 8.17. The monoisotopic (exact) mass is 388 g/mol. The summed E-state index contributed by atoms with van der Waals surface area (Å²) in [4.78, 5) is 12.1. The summed E-state index contributed by atoms with van der Waals surface area (Å²) in [6.45, 7) is 1.60. The highest BCUT2D eigenvalue weighted by Crippen LogP contribution is 2.33. The number of benzene rings is 2. The second-order valence-electron chi connectivity index (χ2n) is 5.38. The number of anilines is 1. The molecule has 1 atom stereocenters. The van der Waals surface area contributed by atoms with Crippen LogP contribution >= 0.6 is 15.9 Å². The van der Waals surface area contributed by atoms with Crippen LogP contribution in [-0.4, -0.2) is 16.2 Å². The third-order valence-corrected chi connectivity index (χ3v) is 4.36. The predicted octanol–water partition coefficient (Wildman–Crippen LogP) is 3.62. The molecule has 0 aromatic heterocycles. The van der Waals surface area contributed by atoms with Gasteiger partial charge in [-0.2, -0.15) is 5.26 Å². The quantitative estimate of drug-likeness (QED) is 0.702. The van der Waals surface area contributed by atoms with Gasteiger partial charge >= 0.3 is 5.97 Å². The minimum absolute atomic E-state index is 0.178. The van der Waals surface area contributed by atoms with Crippen LogP contribution in [0.4, 0.5) is 5.69 Å². The molecule has 0 aliphatic heterocycles. The van der Waals surface area contributed by atoms with E-state index in [1.807, 2.05) is 6.07 Å². The molecule has 0 aliphatic carbocycles. The average Bonchev–Trinajstić information content (AvgIpc) is 2.59. The number of carboxylic acids is 1. The molecule has 0 radical (unpaired) electrons. The maximum Gasteiger partial charge on any atom is 0.334 e. The molecule has 2 aromatic rings. The van der Waals surface area contributed by atoms with Gasteiger partial charge in [-0.25, -0.2) is 4.79 Å². The summed E-state index contributed by atoms with van der Waals surface area (Å²) in [6.07, 6.45) is 0.295. The van der Waals surface area contributed by atoms with E-state index in [0.29, 0.717) is 33.3 Å². The molecule has 6 heteroatoms. The van der Waals surface area contributed by atoms with E-state index < -0.39 is 11.5 Å². The molecule has 1 unspecified atom stereocenters. The standard InChI is InChI=1S/C18H17BrN2O3/c1-2-18(17(23)24,14-7-13(11-22)8-15(19)9-14)21-16-5-3-12(10-20)4-6-16/h3-9,21-22H,2,11H2,1H3,(H,23,24). The highest BCUT2D eigenvalue weighted by atomic mass is 79.9. The van der Waals surface area contributed by atoms with Gasteiger partial charge in [0.25, 0.3) is 0 Å². The summed E-state index contributed by atoms with van der Waals surface area (Å²) in [5.74, 6) is -1.02. The van der Waals surface area contributed by atoms with Crippen molar-refractivity contribution >= 4 is 27.6 Å². The number of carboxylic acid groups (broad SMARTS) is 1. The van der Waals surface area contributed by atoms with Crippen molar-refractivity contribution in [1.82, 2.24) is 0 Å². The number of hydrogen-bond donors (Lipinski definition) is 3. The van der Waals surface area contributed by atoms with E-state index in [1.54, 1.807) is 49.4 Å². The second-order valence-corrected chi connectivity index (χ2v) is 6.30. The Morgan fingerprint density at radius 3 is 2.46 bits per heavy atom. The molecule has 3 N–H and O–H groups in total. The first-order valence-electron chi connectivity index (χ1n) is 7.37. The second kappa shape index (κ2) is 7.47. The van der Waals surface area contributed by atoms with Gasteiger partial charge in [0.2, 0.25) is 0 Å². The Morgan fingerprint density at radius 1 is 1.29 bits per heavy atom. The van der Waals surface area contributed by atoms with Crippen LogP contribution in [0.5, 0.6) is 0 Å². The Kier molecular flexibility index (Phi) is 5.60. The van der Waals surface area contributed by atoms with E-state index in [-0.39, 0.29) is 6.61 Å². The Labute approximate surface area is 148 Å². The lowest BCUT2D eigenvalue weighted by Crippen LogP contribution is -2.43. The van der Waals surface area contributed by atoms with Crippen LogP contribution < -0.4 is 5.32 Å². The van der Waals surface area contributed by atoms with Gasteiger partial charge < -0.3 is 15.5 Å². The van der Waals surface area contributed by atoms with Gasteiger partial charge in [0.1, 0.15) is 0 Å². The van der Waals surface area contributed by atoms with E-state index >= 15 is 0 Å². The number of halogens is 1. The molecule has 2 rings (SSSR count). The molecule has 0 saturated carbocycles. The van der Waals surface area contributed by atoms with Crippen molar-refractivity contribution in [2.75, 3.05) is 5.32 Å². The first kappa shape index (κ1) is 18.0. The Balaban J connectivity index is 2.51. The molecule has 0 spiro atoms. The largest absolute Gasteiger partial charge is 0.479 e. The summed E-state index contributed by atoms with van der Waals surface area (Å²) in [6, 6.07) is 13.8. The number of aliphatic carboxylic acids is 1. The lowest BCUT2D eigenvalue weighted by atomic mass is 9.86. The smallest absolute Gasteiger partial charge is 0.334 e. The molecule has 2 aromatic carbocycles. The average molecular weight is 389 g/mol. The highest BCUT2D eigenvalue weighted by molar-refractivity contribution is 9.10. The van der Waals surface area contributed by atoms with Crippen LogP contribution in [-0.2, 0) is 16.9 Å². The number of nitriles is 1. The molecule has 24 heavy (non-hydrogen) atoms. The highest BCUT2D eigenvalue weighted by Gasteiger charge is 2.39. The third-order valence-electron chi connectivity index (χ3n) is 3.90. The molecule has 0 fully saturated rings. The predicted molar refractivity (Wildman–Crippen MR) is 94.4 cm³/mol. The lowest BCUT2D eigenvalue weighted by molar-refractivity contribution is -0.142. The summed E-state index contributed by atoms with van der Waals surface area (Å²) in [7, 11) is 0. The molecule has 0 saturated heterocycles. The van der Waals surface area contributed by atoms with Gasteiger partial charge in [0, 0.05) is 10.2 Å². The molecular formula is C18H17BrN2O3. The number of aliphatic hydroxyl groups excluding tert-OH is 1. The van der Waals surface area contributed by atoms with Gasteiger partial charge in [-0.15, -0.1) is 0 Å². The molecule has 0 amide bonds. The van der Waals surface area contributed by atoms with Crippen molar-refractivity contribution in [2.45, 2.75) is 25.5 Å². The van der Waals surface area contributed by atoms with Crippen LogP contribution in [0.25, 0.3) is 0 Å². The van der Waals surface area contributed by atoms with Crippen LogP contribution in [0.3, 0.4) is 0 Å². The maximum atomic E-state index is 12.1. The number of rotatable bonds is 6.